The van der Waals surface area contributed by atoms with E-state index in [0.717, 1.165) is 16.5 Å². The minimum atomic E-state index is -0.655. The Morgan fingerprint density at radius 3 is 2.83 bits per heavy atom. The van der Waals surface area contributed by atoms with Crippen LogP contribution in [0.2, 0.25) is 5.15 Å². The SMILES string of the molecule is Cc1nc(-c2nc(Cl)cs2)ncc1OC(=O)Nn1cc(C(C)C)c2ccncc21. The van der Waals surface area contributed by atoms with Crippen molar-refractivity contribution in [3.05, 3.63) is 52.6 Å². The number of ether oxygens (including phenoxy) is 1. The van der Waals surface area contributed by atoms with Crippen LogP contribution >= 0.6 is 22.9 Å². The lowest BCUT2D eigenvalue weighted by molar-refractivity contribution is 0.211. The molecule has 0 atom stereocenters. The predicted molar refractivity (Wildman–Crippen MR) is 112 cm³/mol. The Labute approximate surface area is 175 Å². The molecule has 4 heterocycles. The van der Waals surface area contributed by atoms with Crippen molar-refractivity contribution in [2.24, 2.45) is 0 Å². The highest BCUT2D eigenvalue weighted by Crippen LogP contribution is 2.27. The van der Waals surface area contributed by atoms with Gasteiger partial charge in [0.1, 0.15) is 5.15 Å². The van der Waals surface area contributed by atoms with Crippen molar-refractivity contribution >= 4 is 39.9 Å². The van der Waals surface area contributed by atoms with Crippen LogP contribution < -0.4 is 10.2 Å². The van der Waals surface area contributed by atoms with Crippen molar-refractivity contribution in [3.8, 4) is 16.6 Å². The van der Waals surface area contributed by atoms with Gasteiger partial charge in [0.05, 0.1) is 23.6 Å². The van der Waals surface area contributed by atoms with Crippen molar-refractivity contribution in [2.45, 2.75) is 26.7 Å². The molecule has 10 heteroatoms. The van der Waals surface area contributed by atoms with Crippen molar-refractivity contribution in [3.63, 3.8) is 0 Å². The number of rotatable bonds is 4. The molecule has 1 N–H and O–H groups in total. The van der Waals surface area contributed by atoms with Crippen molar-refractivity contribution in [2.75, 3.05) is 5.43 Å². The standard InChI is InChI=1S/C19H17ClN6O2S/c1-10(2)13-8-26(14-6-21-5-4-12(13)14)25-19(27)28-15-7-22-17(23-11(15)3)18-24-16(20)9-29-18/h4-10H,1-3H3,(H,25,27). The number of hydrogen-bond donors (Lipinski definition) is 1. The normalized spacial score (nSPS) is 11.2. The summed E-state index contributed by atoms with van der Waals surface area (Å²) >= 11 is 7.19. The highest BCUT2D eigenvalue weighted by molar-refractivity contribution is 7.13. The minimum absolute atomic E-state index is 0.257. The van der Waals surface area contributed by atoms with Gasteiger partial charge in [-0.15, -0.1) is 11.3 Å². The van der Waals surface area contributed by atoms with Crippen LogP contribution in [0.25, 0.3) is 21.7 Å². The first kappa shape index (κ1) is 19.3. The summed E-state index contributed by atoms with van der Waals surface area (Å²) in [5.41, 5.74) is 5.12. The molecular formula is C19H17ClN6O2S. The smallest absolute Gasteiger partial charge is 0.406 e. The van der Waals surface area contributed by atoms with Crippen LogP contribution in [0.15, 0.2) is 36.2 Å². The maximum atomic E-state index is 12.5. The van der Waals surface area contributed by atoms with Crippen LogP contribution in [0, 0.1) is 6.92 Å². The van der Waals surface area contributed by atoms with E-state index in [9.17, 15) is 4.79 Å². The molecule has 0 saturated carbocycles. The van der Waals surface area contributed by atoms with Crippen LogP contribution in [0.3, 0.4) is 0 Å². The summed E-state index contributed by atoms with van der Waals surface area (Å²) < 4.78 is 7.02. The Kier molecular flexibility index (Phi) is 5.16. The first-order chi connectivity index (χ1) is 13.9. The summed E-state index contributed by atoms with van der Waals surface area (Å²) in [6.45, 7) is 5.92. The minimum Gasteiger partial charge on any atom is -0.406 e. The van der Waals surface area contributed by atoms with Gasteiger partial charge in [0.25, 0.3) is 0 Å². The van der Waals surface area contributed by atoms with E-state index in [0.29, 0.717) is 27.6 Å². The van der Waals surface area contributed by atoms with E-state index < -0.39 is 6.09 Å². The lowest BCUT2D eigenvalue weighted by Crippen LogP contribution is -2.25. The summed E-state index contributed by atoms with van der Waals surface area (Å²) in [6, 6.07) is 1.93. The van der Waals surface area contributed by atoms with Crippen LogP contribution in [-0.4, -0.2) is 30.7 Å². The average Bonchev–Trinajstić information content (AvgIpc) is 3.28. The van der Waals surface area contributed by atoms with E-state index in [1.807, 2.05) is 12.3 Å². The van der Waals surface area contributed by atoms with Gasteiger partial charge in [-0.3, -0.25) is 9.66 Å². The summed E-state index contributed by atoms with van der Waals surface area (Å²) in [5, 5.41) is 3.72. The van der Waals surface area contributed by atoms with Crippen LogP contribution in [0.1, 0.15) is 31.0 Å². The maximum Gasteiger partial charge on any atom is 0.432 e. The number of aryl methyl sites for hydroxylation is 1. The van der Waals surface area contributed by atoms with Gasteiger partial charge in [0, 0.05) is 23.2 Å². The van der Waals surface area contributed by atoms with Gasteiger partial charge in [-0.05, 0) is 24.5 Å². The third kappa shape index (κ3) is 3.92. The molecule has 148 valence electrons. The van der Waals surface area contributed by atoms with Crippen LogP contribution in [-0.2, 0) is 0 Å². The zero-order valence-corrected chi connectivity index (χ0v) is 17.5. The number of nitrogens with one attached hydrogen (secondary N) is 1. The second-order valence-corrected chi connectivity index (χ2v) is 7.87. The number of nitrogens with zero attached hydrogens (tertiary/aromatic N) is 5. The predicted octanol–water partition coefficient (Wildman–Crippen LogP) is 4.78. The van der Waals surface area contributed by atoms with Gasteiger partial charge in [0.15, 0.2) is 16.6 Å². The number of thiazole rings is 1. The van der Waals surface area contributed by atoms with E-state index in [1.54, 1.807) is 29.4 Å². The molecule has 0 aliphatic rings. The molecule has 0 aliphatic heterocycles. The third-order valence-corrected chi connectivity index (χ3v) is 5.44. The summed E-state index contributed by atoms with van der Waals surface area (Å²) in [4.78, 5) is 29.3. The molecule has 4 aromatic rings. The molecule has 0 unspecified atom stereocenters. The van der Waals surface area contributed by atoms with Gasteiger partial charge < -0.3 is 4.74 Å². The molecule has 0 aromatic carbocycles. The lowest BCUT2D eigenvalue weighted by atomic mass is 10.0. The largest absolute Gasteiger partial charge is 0.432 e. The first-order valence-electron chi connectivity index (χ1n) is 8.81. The molecule has 0 saturated heterocycles. The summed E-state index contributed by atoms with van der Waals surface area (Å²) in [5.74, 6) is 0.977. The van der Waals surface area contributed by atoms with Crippen molar-refractivity contribution < 1.29 is 9.53 Å². The van der Waals surface area contributed by atoms with Crippen LogP contribution in [0.5, 0.6) is 5.75 Å². The second kappa shape index (κ2) is 7.76. The van der Waals surface area contributed by atoms with E-state index in [4.69, 9.17) is 16.3 Å². The number of amides is 1. The summed E-state index contributed by atoms with van der Waals surface area (Å²) in [6.07, 6.45) is 6.09. The maximum absolute atomic E-state index is 12.5. The molecule has 0 aliphatic carbocycles. The van der Waals surface area contributed by atoms with E-state index >= 15 is 0 Å². The van der Waals surface area contributed by atoms with E-state index in [-0.39, 0.29) is 5.75 Å². The third-order valence-electron chi connectivity index (χ3n) is 4.28. The molecule has 0 radical (unpaired) electrons. The van der Waals surface area contributed by atoms with Crippen molar-refractivity contribution in [1.82, 2.24) is 24.6 Å². The Hall–Kier alpha value is -3.04. The van der Waals surface area contributed by atoms with Crippen molar-refractivity contribution in [1.29, 1.82) is 0 Å². The fraction of sp³-hybridized carbons (Fsp3) is 0.211. The van der Waals surface area contributed by atoms with Gasteiger partial charge >= 0.3 is 6.09 Å². The van der Waals surface area contributed by atoms with Gasteiger partial charge in [0.2, 0.25) is 0 Å². The number of halogens is 1. The molecule has 0 spiro atoms. The number of aromatic nitrogens is 5. The Morgan fingerprint density at radius 2 is 2.14 bits per heavy atom. The second-order valence-electron chi connectivity index (χ2n) is 6.62. The molecule has 4 rings (SSSR count). The quantitative estimate of drug-likeness (QED) is 0.502. The average molecular weight is 429 g/mol. The van der Waals surface area contributed by atoms with Gasteiger partial charge in [-0.2, -0.15) is 0 Å². The number of fused-ring (bicyclic) bond motifs is 1. The molecule has 0 bridgehead atoms. The lowest BCUT2D eigenvalue weighted by Gasteiger charge is -2.10. The molecule has 29 heavy (non-hydrogen) atoms. The van der Waals surface area contributed by atoms with E-state index in [2.05, 4.69) is 39.2 Å². The monoisotopic (exact) mass is 428 g/mol. The molecular weight excluding hydrogens is 412 g/mol. The van der Waals surface area contributed by atoms with Gasteiger partial charge in [-0.1, -0.05) is 25.4 Å². The summed E-state index contributed by atoms with van der Waals surface area (Å²) in [7, 11) is 0. The highest BCUT2D eigenvalue weighted by atomic mass is 35.5. The Bertz CT molecular complexity index is 1200. The van der Waals surface area contributed by atoms with Gasteiger partial charge in [-0.25, -0.2) is 25.2 Å². The van der Waals surface area contributed by atoms with Crippen LogP contribution in [0.4, 0.5) is 4.79 Å². The highest BCUT2D eigenvalue weighted by Gasteiger charge is 2.16. The fourth-order valence-electron chi connectivity index (χ4n) is 2.89. The number of pyridine rings is 1. The zero-order valence-electron chi connectivity index (χ0n) is 15.9. The Morgan fingerprint density at radius 1 is 1.31 bits per heavy atom. The topological polar surface area (TPSA) is 94.8 Å². The molecule has 1 amide bonds. The fourth-order valence-corrected chi connectivity index (χ4v) is 3.77. The number of carbonyl (C=O) groups excluding carboxylic acids is 1. The number of hydrogen-bond acceptors (Lipinski definition) is 7. The molecule has 4 aromatic heterocycles. The van der Waals surface area contributed by atoms with E-state index in [1.165, 1.54) is 17.5 Å². The molecule has 8 nitrogen and oxygen atoms in total. The molecule has 0 fully saturated rings. The zero-order chi connectivity index (χ0) is 20.5. The first-order valence-corrected chi connectivity index (χ1v) is 10.1. The Balaban J connectivity index is 1.54. The number of carbonyl (C=O) groups is 1.